The van der Waals surface area contributed by atoms with E-state index < -0.39 is 38.0 Å². The Hall–Kier alpha value is -4.65. The van der Waals surface area contributed by atoms with Crippen molar-refractivity contribution >= 4 is 20.0 Å². The van der Waals surface area contributed by atoms with E-state index in [0.717, 1.165) is 16.7 Å². The number of benzene rings is 3. The van der Waals surface area contributed by atoms with Crippen molar-refractivity contribution in [1.82, 2.24) is 18.9 Å². The van der Waals surface area contributed by atoms with Crippen molar-refractivity contribution in [2.24, 2.45) is 0 Å². The zero-order chi connectivity index (χ0) is 31.6. The summed E-state index contributed by atoms with van der Waals surface area (Å²) in [6.45, 7) is -0.0758. The van der Waals surface area contributed by atoms with Gasteiger partial charge in [-0.25, -0.2) is 9.20 Å². The van der Waals surface area contributed by atoms with Crippen LogP contribution in [0.25, 0.3) is 5.78 Å². The Balaban J connectivity index is 1.41. The van der Waals surface area contributed by atoms with E-state index in [1.807, 2.05) is 78.9 Å². The smallest absolute Gasteiger partial charge is 0.488 e. The van der Waals surface area contributed by atoms with E-state index in [4.69, 9.17) is 29.2 Å². The predicted octanol–water partition coefficient (Wildman–Crippen LogP) is 3.19. The fraction of sp³-hybridized carbons (Fsp3) is 0.258. The average Bonchev–Trinajstić information content (AvgIpc) is 3.66. The van der Waals surface area contributed by atoms with E-state index in [0.29, 0.717) is 11.5 Å². The third kappa shape index (κ3) is 5.91. The summed E-state index contributed by atoms with van der Waals surface area (Å²) >= 11 is 0. The third-order valence-corrected chi connectivity index (χ3v) is 8.25. The minimum absolute atomic E-state index is 0.0758. The quantitative estimate of drug-likeness (QED) is 0.168. The Morgan fingerprint density at radius 3 is 2.11 bits per heavy atom. The van der Waals surface area contributed by atoms with Gasteiger partial charge in [-0.15, -0.1) is 4.52 Å². The van der Waals surface area contributed by atoms with Crippen LogP contribution in [-0.4, -0.2) is 52.0 Å². The second-order valence-corrected chi connectivity index (χ2v) is 10.9. The number of nitrogens with two attached hydrogens (primary N) is 1. The first kappa shape index (κ1) is 30.4. The fourth-order valence-electron chi connectivity index (χ4n) is 5.69. The topological polar surface area (TPSA) is 164 Å². The van der Waals surface area contributed by atoms with Gasteiger partial charge in [0.05, 0.1) is 20.8 Å². The lowest BCUT2D eigenvalue weighted by atomic mass is 9.80. The highest BCUT2D eigenvalue weighted by Gasteiger charge is 2.45. The number of hydrogen-bond acceptors (Lipinski definition) is 11. The Bertz CT molecular complexity index is 1800. The van der Waals surface area contributed by atoms with Gasteiger partial charge in [0.1, 0.15) is 35.5 Å². The van der Waals surface area contributed by atoms with Crippen molar-refractivity contribution in [2.45, 2.75) is 30.5 Å². The first-order valence-corrected chi connectivity index (χ1v) is 15.1. The molecular formula is C31H30N5O8P. The summed E-state index contributed by atoms with van der Waals surface area (Å²) in [5, 5.41) is 0. The van der Waals surface area contributed by atoms with Gasteiger partial charge in [-0.2, -0.15) is 9.97 Å². The van der Waals surface area contributed by atoms with Crippen LogP contribution >= 0.6 is 8.25 Å². The Kier molecular flexibility index (Phi) is 8.61. The maximum Gasteiger partial charge on any atom is 0.488 e. The number of hydrogen-bond donors (Lipinski definition) is 1. The molecule has 0 bridgehead atoms. The molecule has 13 nitrogen and oxygen atoms in total. The molecular weight excluding hydrogens is 601 g/mol. The predicted molar refractivity (Wildman–Crippen MR) is 161 cm³/mol. The van der Waals surface area contributed by atoms with Crippen LogP contribution in [0.4, 0.5) is 5.95 Å². The molecule has 232 valence electrons. The highest BCUT2D eigenvalue weighted by atomic mass is 31.1. The Morgan fingerprint density at radius 2 is 1.53 bits per heavy atom. The second-order valence-electron chi connectivity index (χ2n) is 10.3. The third-order valence-electron chi connectivity index (χ3n) is 7.80. The summed E-state index contributed by atoms with van der Waals surface area (Å²) in [6, 6.07) is 24.8. The zero-order valence-corrected chi connectivity index (χ0v) is 25.3. The van der Waals surface area contributed by atoms with Gasteiger partial charge in [-0.1, -0.05) is 54.6 Å². The molecule has 4 atom stereocenters. The first-order valence-electron chi connectivity index (χ1n) is 14.0. The molecule has 6 rings (SSSR count). The lowest BCUT2D eigenvalue weighted by Crippen LogP contribution is -2.38. The van der Waals surface area contributed by atoms with Crippen molar-refractivity contribution in [1.29, 1.82) is 0 Å². The molecule has 0 saturated carbocycles. The molecule has 0 radical (unpaired) electrons. The molecule has 3 heterocycles. The van der Waals surface area contributed by atoms with Gasteiger partial charge in [0.15, 0.2) is 0 Å². The SMILES string of the molecule is COc1ccc(C(OC[C@H]2O[C@@H](n3ccn4c(=O)nc(N)nc34)C[C@@H]2O[P+](=O)[O-])(c2ccccc2)c2ccc(OC)cc2)cc1. The molecule has 1 aliphatic heterocycles. The molecule has 2 N–H and O–H groups in total. The average molecular weight is 632 g/mol. The number of rotatable bonds is 11. The highest BCUT2D eigenvalue weighted by Crippen LogP contribution is 2.43. The number of ether oxygens (including phenoxy) is 4. The van der Waals surface area contributed by atoms with Gasteiger partial charge in [0.25, 0.3) is 0 Å². The Labute approximate surface area is 258 Å². The summed E-state index contributed by atoms with van der Waals surface area (Å²) in [7, 11) is -0.0222. The fourth-order valence-corrected chi connectivity index (χ4v) is 6.13. The summed E-state index contributed by atoms with van der Waals surface area (Å²) < 4.78 is 44.1. The number of nitrogens with zero attached hydrogens (tertiary/aromatic N) is 4. The van der Waals surface area contributed by atoms with Crippen LogP contribution in [0.15, 0.2) is 96.1 Å². The lowest BCUT2D eigenvalue weighted by Gasteiger charge is -2.37. The molecule has 2 aromatic heterocycles. The molecule has 1 fully saturated rings. The van der Waals surface area contributed by atoms with Crippen LogP contribution in [0.5, 0.6) is 11.5 Å². The monoisotopic (exact) mass is 631 g/mol. The molecule has 0 aliphatic carbocycles. The van der Waals surface area contributed by atoms with E-state index in [1.54, 1.807) is 25.0 Å². The second kappa shape index (κ2) is 12.8. The largest absolute Gasteiger partial charge is 0.566 e. The molecule has 5 aromatic rings. The van der Waals surface area contributed by atoms with Crippen molar-refractivity contribution in [3.8, 4) is 11.5 Å². The van der Waals surface area contributed by atoms with Gasteiger partial charge in [-0.3, -0.25) is 4.57 Å². The maximum atomic E-state index is 12.3. The van der Waals surface area contributed by atoms with Crippen LogP contribution in [0.2, 0.25) is 0 Å². The molecule has 14 heteroatoms. The summed E-state index contributed by atoms with van der Waals surface area (Å²) in [4.78, 5) is 32.0. The number of nitrogen functional groups attached to an aromatic ring is 1. The number of methoxy groups -OCH3 is 2. The van der Waals surface area contributed by atoms with Crippen LogP contribution in [-0.2, 0) is 24.2 Å². The molecule has 0 amide bonds. The molecule has 0 spiro atoms. The lowest BCUT2D eigenvalue weighted by molar-refractivity contribution is -0.192. The van der Waals surface area contributed by atoms with Crippen LogP contribution in [0, 0.1) is 0 Å². The molecule has 45 heavy (non-hydrogen) atoms. The van der Waals surface area contributed by atoms with Gasteiger partial charge < -0.3 is 29.6 Å². The number of imidazole rings is 1. The molecule has 1 aliphatic rings. The van der Waals surface area contributed by atoms with E-state index >= 15 is 0 Å². The van der Waals surface area contributed by atoms with Gasteiger partial charge >= 0.3 is 13.9 Å². The number of anilines is 1. The van der Waals surface area contributed by atoms with Crippen LogP contribution < -0.4 is 25.8 Å². The standard InChI is InChI=1S/C31H30N5O8P/c1-40-23-12-8-21(9-13-23)31(20-6-4-3-5-7-20,22-10-14-24(41-2)15-11-22)42-19-26-25(44-45(38)39)18-27(43-26)35-16-17-36-29(35)33-28(32)34-30(36)37/h3-17,25-27H,18-19H2,1-2H3,(H2,32,34,37)/t25-,26+,27+/m0/s1. The van der Waals surface area contributed by atoms with Crippen molar-refractivity contribution in [3.05, 3.63) is 118 Å². The minimum Gasteiger partial charge on any atom is -0.566 e. The van der Waals surface area contributed by atoms with Gasteiger partial charge in [0, 0.05) is 18.8 Å². The Morgan fingerprint density at radius 1 is 0.933 bits per heavy atom. The maximum absolute atomic E-state index is 12.3. The molecule has 1 saturated heterocycles. The highest BCUT2D eigenvalue weighted by molar-refractivity contribution is 7.30. The van der Waals surface area contributed by atoms with Gasteiger partial charge in [0.2, 0.25) is 11.7 Å². The van der Waals surface area contributed by atoms with E-state index in [1.165, 1.54) is 10.6 Å². The minimum atomic E-state index is -3.21. The van der Waals surface area contributed by atoms with Gasteiger partial charge in [-0.05, 0) is 45.5 Å². The zero-order valence-electron chi connectivity index (χ0n) is 24.4. The summed E-state index contributed by atoms with van der Waals surface area (Å²) in [5.41, 5.74) is 6.39. The first-order chi connectivity index (χ1) is 21.8. The van der Waals surface area contributed by atoms with E-state index in [9.17, 15) is 14.3 Å². The number of aromatic nitrogens is 4. The van der Waals surface area contributed by atoms with Crippen molar-refractivity contribution < 1.29 is 32.9 Å². The van der Waals surface area contributed by atoms with Crippen LogP contribution in [0.3, 0.4) is 0 Å². The molecule has 3 aromatic carbocycles. The van der Waals surface area contributed by atoms with E-state index in [-0.39, 0.29) is 24.8 Å². The van der Waals surface area contributed by atoms with Crippen molar-refractivity contribution in [3.63, 3.8) is 0 Å². The number of fused-ring (bicyclic) bond motifs is 1. The van der Waals surface area contributed by atoms with E-state index in [2.05, 4.69) is 9.97 Å². The van der Waals surface area contributed by atoms with Crippen LogP contribution in [0.1, 0.15) is 29.3 Å². The molecule has 1 unspecified atom stereocenters. The van der Waals surface area contributed by atoms with Crippen molar-refractivity contribution in [2.75, 3.05) is 26.6 Å². The summed E-state index contributed by atoms with van der Waals surface area (Å²) in [6.07, 6.45) is 0.729. The summed E-state index contributed by atoms with van der Waals surface area (Å²) in [5.74, 6) is 1.35. The normalized spacial score (nSPS) is 18.6.